The van der Waals surface area contributed by atoms with Crippen LogP contribution in [0.2, 0.25) is 0 Å². The van der Waals surface area contributed by atoms with E-state index in [1.54, 1.807) is 18.5 Å². The monoisotopic (exact) mass is 398 g/mol. The van der Waals surface area contributed by atoms with E-state index in [2.05, 4.69) is 29.1 Å². The standard InChI is InChI=1S/C21H23FN4OS/c1-16(17-5-3-2-4-6-17)25-14-23-26(21(25)28)15-24-11-12-27-20(13-24)18-7-9-19(22)10-8-18/h2-10,14,16,20H,11-13,15H2,1H3/t16-,20-/m1/s1. The zero-order valence-corrected chi connectivity index (χ0v) is 16.6. The zero-order chi connectivity index (χ0) is 19.5. The van der Waals surface area contributed by atoms with Crippen LogP contribution in [-0.2, 0) is 11.4 Å². The van der Waals surface area contributed by atoms with Crippen molar-refractivity contribution in [1.82, 2.24) is 19.2 Å². The number of nitrogens with zero attached hydrogens (tertiary/aromatic N) is 4. The van der Waals surface area contributed by atoms with Gasteiger partial charge in [-0.25, -0.2) is 9.07 Å². The van der Waals surface area contributed by atoms with E-state index < -0.39 is 0 Å². The van der Waals surface area contributed by atoms with Crippen LogP contribution in [0.5, 0.6) is 0 Å². The summed E-state index contributed by atoms with van der Waals surface area (Å²) in [6.07, 6.45) is 1.73. The van der Waals surface area contributed by atoms with Gasteiger partial charge in [-0.2, -0.15) is 5.10 Å². The maximum atomic E-state index is 13.2. The van der Waals surface area contributed by atoms with Gasteiger partial charge in [-0.1, -0.05) is 42.5 Å². The summed E-state index contributed by atoms with van der Waals surface area (Å²) in [6.45, 7) is 4.87. The maximum absolute atomic E-state index is 13.2. The molecule has 0 bridgehead atoms. The minimum atomic E-state index is -0.235. The molecular formula is C21H23FN4OS. The summed E-state index contributed by atoms with van der Waals surface area (Å²) in [5, 5.41) is 4.51. The van der Waals surface area contributed by atoms with E-state index in [9.17, 15) is 4.39 Å². The van der Waals surface area contributed by atoms with Gasteiger partial charge in [0.05, 0.1) is 25.4 Å². The summed E-state index contributed by atoms with van der Waals surface area (Å²) in [4.78, 5) is 2.26. The molecule has 0 amide bonds. The van der Waals surface area contributed by atoms with Gasteiger partial charge in [0.25, 0.3) is 0 Å². The van der Waals surface area contributed by atoms with Gasteiger partial charge in [0.15, 0.2) is 4.77 Å². The van der Waals surface area contributed by atoms with E-state index in [1.807, 2.05) is 27.4 Å². The molecule has 4 rings (SSSR count). The Morgan fingerprint density at radius 1 is 1.18 bits per heavy atom. The molecule has 0 saturated carbocycles. The Hall–Kier alpha value is -2.35. The summed E-state index contributed by atoms with van der Waals surface area (Å²) in [5.74, 6) is -0.235. The van der Waals surface area contributed by atoms with Gasteiger partial charge in [0, 0.05) is 13.1 Å². The Balaban J connectivity index is 1.46. The van der Waals surface area contributed by atoms with Crippen LogP contribution in [0.4, 0.5) is 4.39 Å². The molecule has 7 heteroatoms. The molecule has 28 heavy (non-hydrogen) atoms. The average molecular weight is 399 g/mol. The van der Waals surface area contributed by atoms with Crippen LogP contribution in [0.15, 0.2) is 60.9 Å². The van der Waals surface area contributed by atoms with E-state index in [4.69, 9.17) is 17.0 Å². The fourth-order valence-corrected chi connectivity index (χ4v) is 3.81. The fourth-order valence-electron chi connectivity index (χ4n) is 3.50. The summed E-state index contributed by atoms with van der Waals surface area (Å²) < 4.78 is 23.6. The molecule has 3 aromatic rings. The second-order valence-corrected chi connectivity index (χ2v) is 7.40. The molecule has 1 fully saturated rings. The van der Waals surface area contributed by atoms with Crippen LogP contribution >= 0.6 is 12.2 Å². The van der Waals surface area contributed by atoms with Crippen LogP contribution in [0.3, 0.4) is 0 Å². The van der Waals surface area contributed by atoms with Crippen molar-refractivity contribution in [1.29, 1.82) is 0 Å². The maximum Gasteiger partial charge on any atom is 0.199 e. The third-order valence-corrected chi connectivity index (χ3v) is 5.60. The predicted octanol–water partition coefficient (Wildman–Crippen LogP) is 4.19. The third kappa shape index (κ3) is 4.06. The number of rotatable bonds is 5. The summed E-state index contributed by atoms with van der Waals surface area (Å²) >= 11 is 5.67. The lowest BCUT2D eigenvalue weighted by Crippen LogP contribution is -2.39. The Kier molecular flexibility index (Phi) is 5.66. The molecule has 0 unspecified atom stereocenters. The minimum absolute atomic E-state index is 0.0751. The van der Waals surface area contributed by atoms with Crippen molar-refractivity contribution in [2.75, 3.05) is 19.7 Å². The normalized spacial score (nSPS) is 18.9. The molecule has 2 heterocycles. The smallest absolute Gasteiger partial charge is 0.199 e. The first kappa shape index (κ1) is 19.0. The number of hydrogen-bond acceptors (Lipinski definition) is 4. The molecule has 0 spiro atoms. The molecule has 0 N–H and O–H groups in total. The molecule has 146 valence electrons. The topological polar surface area (TPSA) is 35.2 Å². The quantitative estimate of drug-likeness (QED) is 0.604. The summed E-state index contributed by atoms with van der Waals surface area (Å²) in [7, 11) is 0. The highest BCUT2D eigenvalue weighted by atomic mass is 32.1. The number of aromatic nitrogens is 3. The van der Waals surface area contributed by atoms with Crippen molar-refractivity contribution in [2.45, 2.75) is 25.7 Å². The highest BCUT2D eigenvalue weighted by Gasteiger charge is 2.23. The zero-order valence-electron chi connectivity index (χ0n) is 15.7. The van der Waals surface area contributed by atoms with Crippen LogP contribution in [0.25, 0.3) is 0 Å². The predicted molar refractivity (Wildman–Crippen MR) is 108 cm³/mol. The van der Waals surface area contributed by atoms with Crippen molar-refractivity contribution in [2.24, 2.45) is 0 Å². The largest absolute Gasteiger partial charge is 0.371 e. The lowest BCUT2D eigenvalue weighted by atomic mass is 10.1. The van der Waals surface area contributed by atoms with Crippen LogP contribution in [-0.4, -0.2) is 38.9 Å². The minimum Gasteiger partial charge on any atom is -0.371 e. The average Bonchev–Trinajstić information content (AvgIpc) is 3.09. The Bertz CT molecular complexity index is 970. The van der Waals surface area contributed by atoms with Gasteiger partial charge in [-0.3, -0.25) is 9.47 Å². The van der Waals surface area contributed by atoms with E-state index in [0.717, 1.165) is 12.1 Å². The van der Waals surface area contributed by atoms with Crippen molar-refractivity contribution < 1.29 is 9.13 Å². The first-order valence-corrected chi connectivity index (χ1v) is 9.81. The molecule has 0 aliphatic carbocycles. The van der Waals surface area contributed by atoms with E-state index >= 15 is 0 Å². The molecule has 2 atom stereocenters. The molecule has 0 radical (unpaired) electrons. The highest BCUT2D eigenvalue weighted by molar-refractivity contribution is 7.71. The number of hydrogen-bond donors (Lipinski definition) is 0. The Labute approximate surface area is 169 Å². The number of benzene rings is 2. The van der Waals surface area contributed by atoms with Gasteiger partial charge < -0.3 is 4.74 Å². The van der Waals surface area contributed by atoms with Gasteiger partial charge in [0.2, 0.25) is 0 Å². The number of morpholine rings is 1. The van der Waals surface area contributed by atoms with Crippen molar-refractivity contribution in [3.63, 3.8) is 0 Å². The van der Waals surface area contributed by atoms with Crippen LogP contribution < -0.4 is 0 Å². The number of halogens is 1. The SMILES string of the molecule is C[C@H](c1ccccc1)n1cnn(CN2CCO[C@@H](c3ccc(F)cc3)C2)c1=S. The van der Waals surface area contributed by atoms with E-state index in [-0.39, 0.29) is 18.0 Å². The lowest BCUT2D eigenvalue weighted by molar-refractivity contribution is -0.0419. The highest BCUT2D eigenvalue weighted by Crippen LogP contribution is 2.23. The molecule has 1 aromatic heterocycles. The van der Waals surface area contributed by atoms with Gasteiger partial charge >= 0.3 is 0 Å². The van der Waals surface area contributed by atoms with E-state index in [0.29, 0.717) is 24.6 Å². The first-order valence-electron chi connectivity index (χ1n) is 9.40. The molecular weight excluding hydrogens is 375 g/mol. The van der Waals surface area contributed by atoms with Crippen LogP contribution in [0, 0.1) is 10.6 Å². The Morgan fingerprint density at radius 2 is 1.93 bits per heavy atom. The van der Waals surface area contributed by atoms with Gasteiger partial charge in [-0.05, 0) is 42.4 Å². The number of ether oxygens (including phenoxy) is 1. The fraction of sp³-hybridized carbons (Fsp3) is 0.333. The molecule has 5 nitrogen and oxygen atoms in total. The second kappa shape index (κ2) is 8.34. The van der Waals surface area contributed by atoms with Crippen molar-refractivity contribution in [3.8, 4) is 0 Å². The third-order valence-electron chi connectivity index (χ3n) is 5.18. The lowest BCUT2D eigenvalue weighted by Gasteiger charge is -2.32. The van der Waals surface area contributed by atoms with Gasteiger partial charge in [-0.15, -0.1) is 0 Å². The second-order valence-electron chi connectivity index (χ2n) is 7.04. The van der Waals surface area contributed by atoms with E-state index in [1.165, 1.54) is 17.7 Å². The molecule has 2 aromatic carbocycles. The van der Waals surface area contributed by atoms with Crippen molar-refractivity contribution in [3.05, 3.63) is 82.6 Å². The van der Waals surface area contributed by atoms with Gasteiger partial charge in [0.1, 0.15) is 12.1 Å². The first-order chi connectivity index (χ1) is 13.6. The molecule has 1 aliphatic rings. The molecule has 1 aliphatic heterocycles. The molecule has 1 saturated heterocycles. The summed E-state index contributed by atoms with van der Waals surface area (Å²) in [6, 6.07) is 16.9. The summed E-state index contributed by atoms with van der Waals surface area (Å²) in [5.41, 5.74) is 2.18. The Morgan fingerprint density at radius 3 is 2.68 bits per heavy atom. The van der Waals surface area contributed by atoms with Crippen LogP contribution in [0.1, 0.15) is 30.2 Å². The van der Waals surface area contributed by atoms with Crippen molar-refractivity contribution >= 4 is 12.2 Å².